The average molecular weight is 268 g/mol. The molecule has 0 radical (unpaired) electrons. The summed E-state index contributed by atoms with van der Waals surface area (Å²) in [5, 5.41) is 0. The molecule has 0 unspecified atom stereocenters. The summed E-state index contributed by atoms with van der Waals surface area (Å²) in [5.41, 5.74) is -1.56. The number of Topliss-reactive ketones (excluding diaryl/α,β-unsaturated/α-hetero) is 1. The number of carbonyl (C=O) groups is 2. The zero-order valence-electron chi connectivity index (χ0n) is 10.7. The molecule has 0 N–H and O–H groups in total. The van der Waals surface area contributed by atoms with Gasteiger partial charge in [-0.3, -0.25) is 9.59 Å². The SMILES string of the molecule is O=C1OC[C@@]23C=C[C@@H](O2)[C@]2(C(=O)c4ccccc4)C[C@]132. The fourth-order valence-electron chi connectivity index (χ4n) is 4.48. The fraction of sp³-hybridized carbons (Fsp3) is 0.375. The lowest BCUT2D eigenvalue weighted by Gasteiger charge is -2.21. The van der Waals surface area contributed by atoms with Crippen molar-refractivity contribution in [2.45, 2.75) is 18.1 Å². The van der Waals surface area contributed by atoms with Gasteiger partial charge < -0.3 is 9.47 Å². The van der Waals surface area contributed by atoms with Gasteiger partial charge >= 0.3 is 5.97 Å². The highest BCUT2D eigenvalue weighted by atomic mass is 16.6. The number of rotatable bonds is 2. The summed E-state index contributed by atoms with van der Waals surface area (Å²) in [4.78, 5) is 25.2. The van der Waals surface area contributed by atoms with E-state index in [0.717, 1.165) is 0 Å². The van der Waals surface area contributed by atoms with Crippen molar-refractivity contribution in [2.24, 2.45) is 10.8 Å². The third-order valence-electron chi connectivity index (χ3n) is 5.47. The fourth-order valence-corrected chi connectivity index (χ4v) is 4.48. The molecule has 2 bridgehead atoms. The Hall–Kier alpha value is -1.94. The Labute approximate surface area is 115 Å². The lowest BCUT2D eigenvalue weighted by Crippen LogP contribution is -2.39. The Morgan fingerprint density at radius 2 is 2.05 bits per heavy atom. The van der Waals surface area contributed by atoms with Crippen LogP contribution in [0.1, 0.15) is 16.8 Å². The van der Waals surface area contributed by atoms with E-state index in [2.05, 4.69) is 0 Å². The number of cyclic esters (lactones) is 1. The van der Waals surface area contributed by atoms with Gasteiger partial charge in [0.05, 0.1) is 11.5 Å². The Bertz CT molecular complexity index is 694. The van der Waals surface area contributed by atoms with Crippen LogP contribution in [-0.4, -0.2) is 30.1 Å². The van der Waals surface area contributed by atoms with Gasteiger partial charge in [-0.25, -0.2) is 0 Å². The molecule has 1 aliphatic carbocycles. The van der Waals surface area contributed by atoms with Gasteiger partial charge in [0.2, 0.25) is 0 Å². The number of carbonyl (C=O) groups excluding carboxylic acids is 2. The Kier molecular flexibility index (Phi) is 1.56. The van der Waals surface area contributed by atoms with Gasteiger partial charge in [-0.05, 0) is 12.5 Å². The summed E-state index contributed by atoms with van der Waals surface area (Å²) in [7, 11) is 0. The first kappa shape index (κ1) is 10.8. The minimum absolute atomic E-state index is 0.00757. The number of hydrogen-bond acceptors (Lipinski definition) is 4. The van der Waals surface area contributed by atoms with Crippen LogP contribution in [0, 0.1) is 10.8 Å². The molecule has 2 spiro atoms. The van der Waals surface area contributed by atoms with Gasteiger partial charge in [0.15, 0.2) is 5.78 Å². The zero-order valence-corrected chi connectivity index (χ0v) is 10.7. The summed E-state index contributed by atoms with van der Waals surface area (Å²) in [6.07, 6.45) is 4.10. The highest BCUT2D eigenvalue weighted by Crippen LogP contribution is 2.82. The molecule has 5 rings (SSSR count). The van der Waals surface area contributed by atoms with E-state index in [1.807, 2.05) is 30.4 Å². The molecule has 0 amide bonds. The van der Waals surface area contributed by atoms with Crippen molar-refractivity contribution in [3.8, 4) is 0 Å². The molecular weight excluding hydrogens is 256 g/mol. The predicted octanol–water partition coefficient (Wildman–Crippen LogP) is 1.51. The lowest BCUT2D eigenvalue weighted by atomic mass is 9.74. The van der Waals surface area contributed by atoms with E-state index < -0.39 is 16.4 Å². The number of ketones is 1. The average Bonchev–Trinajstić information content (AvgIpc) is 2.82. The molecule has 4 heteroatoms. The second-order valence-corrected chi connectivity index (χ2v) is 6.11. The summed E-state index contributed by atoms with van der Waals surface area (Å²) < 4.78 is 11.2. The van der Waals surface area contributed by atoms with E-state index in [0.29, 0.717) is 12.0 Å². The highest BCUT2D eigenvalue weighted by Gasteiger charge is 2.94. The molecule has 20 heavy (non-hydrogen) atoms. The van der Waals surface area contributed by atoms with Crippen molar-refractivity contribution in [3.05, 3.63) is 48.0 Å². The number of fused-ring (bicyclic) bond motifs is 2. The van der Waals surface area contributed by atoms with Gasteiger partial charge in [-0.15, -0.1) is 0 Å². The van der Waals surface area contributed by atoms with Crippen LogP contribution in [0.5, 0.6) is 0 Å². The first-order chi connectivity index (χ1) is 9.66. The minimum Gasteiger partial charge on any atom is -0.462 e. The smallest absolute Gasteiger partial charge is 0.316 e. The second kappa shape index (κ2) is 2.88. The molecule has 1 saturated carbocycles. The topological polar surface area (TPSA) is 52.6 Å². The first-order valence-electron chi connectivity index (χ1n) is 6.81. The maximum Gasteiger partial charge on any atom is 0.316 e. The van der Waals surface area contributed by atoms with Crippen LogP contribution < -0.4 is 0 Å². The molecule has 0 aromatic heterocycles. The van der Waals surface area contributed by atoms with Gasteiger partial charge in [0.25, 0.3) is 0 Å². The van der Waals surface area contributed by atoms with Crippen molar-refractivity contribution in [3.63, 3.8) is 0 Å². The van der Waals surface area contributed by atoms with Crippen LogP contribution in [0.4, 0.5) is 0 Å². The van der Waals surface area contributed by atoms with Crippen molar-refractivity contribution >= 4 is 11.8 Å². The van der Waals surface area contributed by atoms with Gasteiger partial charge in [-0.1, -0.05) is 36.4 Å². The van der Waals surface area contributed by atoms with Crippen molar-refractivity contribution in [1.82, 2.24) is 0 Å². The minimum atomic E-state index is -0.771. The predicted molar refractivity (Wildman–Crippen MR) is 68.0 cm³/mol. The third kappa shape index (κ3) is 0.810. The van der Waals surface area contributed by atoms with E-state index in [4.69, 9.17) is 9.47 Å². The lowest BCUT2D eigenvalue weighted by molar-refractivity contribution is -0.143. The maximum absolute atomic E-state index is 13.0. The number of benzene rings is 1. The van der Waals surface area contributed by atoms with Crippen LogP contribution in [0.15, 0.2) is 42.5 Å². The number of esters is 1. The molecule has 1 aromatic rings. The zero-order chi connectivity index (χ0) is 13.6. The molecule has 2 saturated heterocycles. The second-order valence-electron chi connectivity index (χ2n) is 6.11. The molecular formula is C16H12O4. The molecule has 4 atom stereocenters. The quantitative estimate of drug-likeness (QED) is 0.463. The van der Waals surface area contributed by atoms with E-state index in [1.54, 1.807) is 12.1 Å². The normalized spacial score (nSPS) is 46.0. The van der Waals surface area contributed by atoms with Crippen LogP contribution >= 0.6 is 0 Å². The summed E-state index contributed by atoms with van der Waals surface area (Å²) in [5.74, 6) is -0.262. The summed E-state index contributed by atoms with van der Waals surface area (Å²) in [6, 6.07) is 9.15. The Balaban J connectivity index is 1.68. The Morgan fingerprint density at radius 1 is 1.25 bits per heavy atom. The van der Waals surface area contributed by atoms with Crippen LogP contribution in [-0.2, 0) is 14.3 Å². The van der Waals surface area contributed by atoms with E-state index in [9.17, 15) is 9.59 Å². The van der Waals surface area contributed by atoms with Crippen LogP contribution in [0.3, 0.4) is 0 Å². The molecule has 1 aromatic carbocycles. The van der Waals surface area contributed by atoms with Crippen molar-refractivity contribution < 1.29 is 19.1 Å². The van der Waals surface area contributed by atoms with Crippen LogP contribution in [0.2, 0.25) is 0 Å². The van der Waals surface area contributed by atoms with Crippen LogP contribution in [0.25, 0.3) is 0 Å². The van der Waals surface area contributed by atoms with E-state index in [1.165, 1.54) is 0 Å². The highest BCUT2D eigenvalue weighted by molar-refractivity contribution is 6.10. The van der Waals surface area contributed by atoms with Crippen molar-refractivity contribution in [1.29, 1.82) is 0 Å². The molecule has 4 nitrogen and oxygen atoms in total. The van der Waals surface area contributed by atoms with Gasteiger partial charge in [0, 0.05) is 5.56 Å². The molecule has 3 fully saturated rings. The monoisotopic (exact) mass is 268 g/mol. The molecule has 3 aliphatic heterocycles. The number of ether oxygens (including phenoxy) is 2. The first-order valence-corrected chi connectivity index (χ1v) is 6.81. The summed E-state index contributed by atoms with van der Waals surface area (Å²) in [6.45, 7) is 0.239. The standard InChI is InChI=1S/C16H12O4/c17-12(10-4-2-1-3-5-10)15-8-16(15)13(18)19-9-14(16)7-6-11(15)20-14/h1-7,11H,8-9H2/t11-,14-,15+,16+/m1/s1. The van der Waals surface area contributed by atoms with Gasteiger partial charge in [-0.2, -0.15) is 0 Å². The van der Waals surface area contributed by atoms with Crippen molar-refractivity contribution in [2.75, 3.05) is 6.61 Å². The van der Waals surface area contributed by atoms with Gasteiger partial charge in [0.1, 0.15) is 17.6 Å². The third-order valence-corrected chi connectivity index (χ3v) is 5.47. The maximum atomic E-state index is 13.0. The Morgan fingerprint density at radius 3 is 2.85 bits per heavy atom. The summed E-state index contributed by atoms with van der Waals surface area (Å²) >= 11 is 0. The molecule has 100 valence electrons. The number of hydrogen-bond donors (Lipinski definition) is 0. The molecule has 3 heterocycles. The van der Waals surface area contributed by atoms with E-state index in [-0.39, 0.29) is 24.5 Å². The van der Waals surface area contributed by atoms with E-state index >= 15 is 0 Å². The largest absolute Gasteiger partial charge is 0.462 e. The molecule has 4 aliphatic rings.